The van der Waals surface area contributed by atoms with Crippen LogP contribution in [0, 0.1) is 13.8 Å². The van der Waals surface area contributed by atoms with Crippen LogP contribution in [0.5, 0.6) is 0 Å². The van der Waals surface area contributed by atoms with E-state index in [1.54, 1.807) is 16.0 Å². The lowest BCUT2D eigenvalue weighted by molar-refractivity contribution is 0.757. The van der Waals surface area contributed by atoms with Gasteiger partial charge in [-0.2, -0.15) is 5.10 Å². The first-order valence-electron chi connectivity index (χ1n) is 5.47. The number of nitrogens with zero attached hydrogens (tertiary/aromatic N) is 3. The van der Waals surface area contributed by atoms with Crippen molar-refractivity contribution in [2.75, 3.05) is 5.32 Å². The highest BCUT2D eigenvalue weighted by atomic mass is 32.1. The Morgan fingerprint density at radius 2 is 2.28 bits per heavy atom. The van der Waals surface area contributed by atoms with Crippen molar-refractivity contribution >= 4 is 34.4 Å². The van der Waals surface area contributed by atoms with E-state index in [1.165, 1.54) is 0 Å². The van der Waals surface area contributed by atoms with Crippen molar-refractivity contribution in [1.29, 1.82) is 0 Å². The van der Waals surface area contributed by atoms with Gasteiger partial charge in [0.2, 0.25) is 0 Å². The van der Waals surface area contributed by atoms with Crippen molar-refractivity contribution in [1.82, 2.24) is 14.8 Å². The molecule has 0 spiro atoms. The van der Waals surface area contributed by atoms with Gasteiger partial charge >= 0.3 is 0 Å². The van der Waals surface area contributed by atoms with Gasteiger partial charge in [0.25, 0.3) is 0 Å². The quantitative estimate of drug-likeness (QED) is 0.836. The number of anilines is 1. The summed E-state index contributed by atoms with van der Waals surface area (Å²) in [4.78, 5) is 4.76. The third-order valence-corrected chi connectivity index (χ3v) is 3.60. The van der Waals surface area contributed by atoms with Gasteiger partial charge in [0.15, 0.2) is 0 Å². The molecule has 0 aliphatic heterocycles. The highest BCUT2D eigenvalue weighted by molar-refractivity contribution is 7.80. The number of aryl methyl sites for hydroxylation is 3. The third kappa shape index (κ3) is 2.51. The number of thiazole rings is 1. The Bertz CT molecular complexity index is 584. The van der Waals surface area contributed by atoms with E-state index >= 15 is 0 Å². The molecular formula is C11H15N5S2. The molecule has 0 unspecified atom stereocenters. The zero-order valence-corrected chi connectivity index (χ0v) is 12.2. The van der Waals surface area contributed by atoms with Crippen molar-refractivity contribution in [3.05, 3.63) is 27.3 Å². The summed E-state index contributed by atoms with van der Waals surface area (Å²) in [7, 11) is 1.86. The van der Waals surface area contributed by atoms with Crippen molar-refractivity contribution in [3.63, 3.8) is 0 Å². The first-order chi connectivity index (χ1) is 8.49. The normalized spacial score (nSPS) is 10.6. The van der Waals surface area contributed by atoms with Crippen LogP contribution in [0.3, 0.4) is 0 Å². The average molecular weight is 281 g/mol. The van der Waals surface area contributed by atoms with Gasteiger partial charge in [0.1, 0.15) is 10.8 Å². The first-order valence-corrected chi connectivity index (χ1v) is 6.76. The second-order valence-corrected chi connectivity index (χ2v) is 5.51. The lowest BCUT2D eigenvalue weighted by Crippen LogP contribution is -2.14. The van der Waals surface area contributed by atoms with Crippen LogP contribution in [0.2, 0.25) is 0 Å². The number of aromatic nitrogens is 3. The van der Waals surface area contributed by atoms with Crippen LogP contribution >= 0.6 is 23.6 Å². The van der Waals surface area contributed by atoms with Crippen LogP contribution < -0.4 is 11.1 Å². The van der Waals surface area contributed by atoms with Crippen molar-refractivity contribution in [3.8, 4) is 0 Å². The Labute approximate surface area is 115 Å². The maximum atomic E-state index is 5.73. The molecule has 7 heteroatoms. The lowest BCUT2D eigenvalue weighted by atomic mass is 10.2. The maximum Gasteiger partial charge on any atom is 0.134 e. The fourth-order valence-electron chi connectivity index (χ4n) is 1.82. The van der Waals surface area contributed by atoms with Gasteiger partial charge in [0, 0.05) is 12.4 Å². The van der Waals surface area contributed by atoms with Gasteiger partial charge in [-0.3, -0.25) is 4.68 Å². The fraction of sp³-hybridized carbons (Fsp3) is 0.364. The SMILES string of the molecule is Cc1nc(CNc2c(C(N)=S)c(C)nn2C)cs1. The van der Waals surface area contributed by atoms with Gasteiger partial charge in [-0.1, -0.05) is 12.2 Å². The van der Waals surface area contributed by atoms with Crippen molar-refractivity contribution < 1.29 is 0 Å². The zero-order valence-electron chi connectivity index (χ0n) is 10.5. The molecule has 0 radical (unpaired) electrons. The Kier molecular flexibility index (Phi) is 3.63. The van der Waals surface area contributed by atoms with Crippen LogP contribution in [-0.4, -0.2) is 19.8 Å². The molecule has 0 saturated heterocycles. The lowest BCUT2D eigenvalue weighted by Gasteiger charge is -2.07. The minimum absolute atomic E-state index is 0.359. The third-order valence-electron chi connectivity index (χ3n) is 2.57. The molecule has 2 rings (SSSR count). The summed E-state index contributed by atoms with van der Waals surface area (Å²) in [5.74, 6) is 0.839. The van der Waals surface area contributed by atoms with Gasteiger partial charge in [-0.05, 0) is 13.8 Å². The first kappa shape index (κ1) is 13.0. The van der Waals surface area contributed by atoms with Crippen LogP contribution in [0.4, 0.5) is 5.82 Å². The minimum atomic E-state index is 0.359. The Morgan fingerprint density at radius 3 is 2.83 bits per heavy atom. The molecule has 0 atom stereocenters. The number of nitrogens with one attached hydrogen (secondary N) is 1. The summed E-state index contributed by atoms with van der Waals surface area (Å²) in [6.07, 6.45) is 0. The van der Waals surface area contributed by atoms with E-state index in [1.807, 2.05) is 26.3 Å². The standard InChI is InChI=1S/C11H15N5S2/c1-6-9(10(12)17)11(16(3)15-6)13-4-8-5-18-7(2)14-8/h5,13H,4H2,1-3H3,(H2,12,17). The molecule has 0 bridgehead atoms. The van der Waals surface area contributed by atoms with E-state index < -0.39 is 0 Å². The summed E-state index contributed by atoms with van der Waals surface area (Å²) in [5.41, 5.74) is 8.37. The molecule has 0 fully saturated rings. The molecule has 0 saturated carbocycles. The van der Waals surface area contributed by atoms with Crippen LogP contribution in [0.15, 0.2) is 5.38 Å². The van der Waals surface area contributed by atoms with Gasteiger partial charge in [-0.15, -0.1) is 11.3 Å². The average Bonchev–Trinajstić information content (AvgIpc) is 2.79. The molecular weight excluding hydrogens is 266 g/mol. The van der Waals surface area contributed by atoms with E-state index in [9.17, 15) is 0 Å². The highest BCUT2D eigenvalue weighted by Crippen LogP contribution is 2.19. The number of rotatable bonds is 4. The predicted octanol–water partition coefficient (Wildman–Crippen LogP) is 1.74. The minimum Gasteiger partial charge on any atom is -0.389 e. The van der Waals surface area contributed by atoms with E-state index in [0.29, 0.717) is 11.5 Å². The molecule has 0 amide bonds. The van der Waals surface area contributed by atoms with Crippen LogP contribution in [0.1, 0.15) is 22.0 Å². The second-order valence-electron chi connectivity index (χ2n) is 4.01. The van der Waals surface area contributed by atoms with Crippen LogP contribution in [-0.2, 0) is 13.6 Å². The summed E-state index contributed by atoms with van der Waals surface area (Å²) >= 11 is 6.69. The maximum absolute atomic E-state index is 5.73. The van der Waals surface area contributed by atoms with Gasteiger partial charge in [-0.25, -0.2) is 4.98 Å². The monoisotopic (exact) mass is 281 g/mol. The molecule has 2 heterocycles. The number of thiocarbonyl (C=S) groups is 1. The van der Waals surface area contributed by atoms with E-state index in [0.717, 1.165) is 27.8 Å². The van der Waals surface area contributed by atoms with Crippen LogP contribution in [0.25, 0.3) is 0 Å². The molecule has 2 aromatic heterocycles. The largest absolute Gasteiger partial charge is 0.389 e. The summed E-state index contributed by atoms with van der Waals surface area (Å²) in [6, 6.07) is 0. The molecule has 0 aliphatic carbocycles. The van der Waals surface area contributed by atoms with Gasteiger partial charge < -0.3 is 11.1 Å². The summed E-state index contributed by atoms with van der Waals surface area (Å²) < 4.78 is 1.75. The molecule has 2 aromatic rings. The topological polar surface area (TPSA) is 68.8 Å². The Balaban J connectivity index is 2.21. The van der Waals surface area contributed by atoms with Crippen molar-refractivity contribution in [2.24, 2.45) is 12.8 Å². The second kappa shape index (κ2) is 5.03. The zero-order chi connectivity index (χ0) is 13.3. The van der Waals surface area contributed by atoms with E-state index in [2.05, 4.69) is 15.4 Å². The molecule has 5 nitrogen and oxygen atoms in total. The van der Waals surface area contributed by atoms with Gasteiger partial charge in [0.05, 0.1) is 28.5 Å². The molecule has 3 N–H and O–H groups in total. The predicted molar refractivity (Wildman–Crippen MR) is 78.0 cm³/mol. The fourth-order valence-corrected chi connectivity index (χ4v) is 2.68. The van der Waals surface area contributed by atoms with E-state index in [-0.39, 0.29) is 0 Å². The number of nitrogens with two attached hydrogens (primary N) is 1. The molecule has 96 valence electrons. The molecule has 18 heavy (non-hydrogen) atoms. The Morgan fingerprint density at radius 1 is 1.56 bits per heavy atom. The summed E-state index contributed by atoms with van der Waals surface area (Å²) in [5, 5.41) is 10.7. The highest BCUT2D eigenvalue weighted by Gasteiger charge is 2.15. The summed E-state index contributed by atoms with van der Waals surface area (Å²) in [6.45, 7) is 4.52. The number of hydrogen-bond donors (Lipinski definition) is 2. The van der Waals surface area contributed by atoms with Crippen molar-refractivity contribution in [2.45, 2.75) is 20.4 Å². The molecule has 0 aromatic carbocycles. The molecule has 0 aliphatic rings. The smallest absolute Gasteiger partial charge is 0.134 e. The Hall–Kier alpha value is -1.47. The number of hydrogen-bond acceptors (Lipinski definition) is 5. The van der Waals surface area contributed by atoms with E-state index in [4.69, 9.17) is 18.0 Å².